The van der Waals surface area contributed by atoms with Crippen molar-refractivity contribution in [2.24, 2.45) is 0 Å². The molecule has 0 aromatic heterocycles. The molecule has 0 heterocycles. The zero-order valence-corrected chi connectivity index (χ0v) is 13.8. The first-order chi connectivity index (χ1) is 12.1. The molecule has 6 heteroatoms. The van der Waals surface area contributed by atoms with E-state index in [0.717, 1.165) is 5.56 Å². The second kappa shape index (κ2) is 9.08. The highest BCUT2D eigenvalue weighted by molar-refractivity contribution is 5.92. The van der Waals surface area contributed by atoms with Crippen LogP contribution in [-0.4, -0.2) is 25.6 Å². The molecule has 0 saturated carbocycles. The van der Waals surface area contributed by atoms with E-state index in [1.54, 1.807) is 31.4 Å². The Morgan fingerprint density at radius 2 is 1.96 bits per heavy atom. The molecule has 0 bridgehead atoms. The fourth-order valence-electron chi connectivity index (χ4n) is 2.23. The van der Waals surface area contributed by atoms with Crippen LogP contribution < -0.4 is 10.1 Å². The molecule has 0 aliphatic rings. The Kier molecular flexibility index (Phi) is 6.55. The molecule has 2 aromatic carbocycles. The number of para-hydroxylation sites is 1. The summed E-state index contributed by atoms with van der Waals surface area (Å²) in [6.07, 6.45) is 0.617. The van der Waals surface area contributed by atoms with Gasteiger partial charge in [0.1, 0.15) is 5.75 Å². The van der Waals surface area contributed by atoms with Gasteiger partial charge in [0.2, 0.25) is 0 Å². The maximum Gasteiger partial charge on any atom is 0.306 e. The first-order valence-electron chi connectivity index (χ1n) is 7.70. The van der Waals surface area contributed by atoms with Crippen LogP contribution in [0.1, 0.15) is 17.5 Å². The number of ether oxygens (including phenoxy) is 2. The van der Waals surface area contributed by atoms with E-state index in [2.05, 4.69) is 5.32 Å². The van der Waals surface area contributed by atoms with Crippen molar-refractivity contribution in [3.63, 3.8) is 0 Å². The van der Waals surface area contributed by atoms with Crippen LogP contribution in [0.3, 0.4) is 0 Å². The van der Waals surface area contributed by atoms with Gasteiger partial charge in [0, 0.05) is 12.1 Å². The second-order valence-corrected chi connectivity index (χ2v) is 5.21. The fourth-order valence-corrected chi connectivity index (χ4v) is 2.23. The van der Waals surface area contributed by atoms with Gasteiger partial charge in [-0.3, -0.25) is 9.59 Å². The lowest BCUT2D eigenvalue weighted by Gasteiger charge is -2.09. The van der Waals surface area contributed by atoms with Crippen molar-refractivity contribution in [3.05, 3.63) is 59.7 Å². The third-order valence-corrected chi connectivity index (χ3v) is 3.43. The number of nitrogens with one attached hydrogen (secondary N) is 1. The normalized spacial score (nSPS) is 9.76. The van der Waals surface area contributed by atoms with E-state index in [1.807, 2.05) is 30.3 Å². The van der Waals surface area contributed by atoms with Crippen LogP contribution in [0.15, 0.2) is 48.5 Å². The molecular formula is C19H18N2O4. The van der Waals surface area contributed by atoms with Gasteiger partial charge in [-0.15, -0.1) is 0 Å². The van der Waals surface area contributed by atoms with Crippen molar-refractivity contribution < 1.29 is 19.1 Å². The van der Waals surface area contributed by atoms with Crippen LogP contribution in [-0.2, 0) is 20.7 Å². The van der Waals surface area contributed by atoms with E-state index in [9.17, 15) is 9.59 Å². The number of benzene rings is 2. The van der Waals surface area contributed by atoms with Crippen LogP contribution in [0.4, 0.5) is 5.69 Å². The van der Waals surface area contributed by atoms with Crippen molar-refractivity contribution in [1.82, 2.24) is 0 Å². The van der Waals surface area contributed by atoms with Crippen molar-refractivity contribution in [2.45, 2.75) is 12.8 Å². The summed E-state index contributed by atoms with van der Waals surface area (Å²) in [5, 5.41) is 11.4. The molecule has 0 aliphatic carbocycles. The molecule has 6 nitrogen and oxygen atoms in total. The minimum Gasteiger partial charge on any atom is -0.496 e. The molecular weight excluding hydrogens is 320 g/mol. The van der Waals surface area contributed by atoms with Crippen LogP contribution in [0.2, 0.25) is 0 Å². The van der Waals surface area contributed by atoms with Crippen molar-refractivity contribution in [1.29, 1.82) is 5.26 Å². The Morgan fingerprint density at radius 1 is 1.16 bits per heavy atom. The summed E-state index contributed by atoms with van der Waals surface area (Å²) in [5.41, 5.74) is 1.82. The predicted molar refractivity (Wildman–Crippen MR) is 92.1 cm³/mol. The van der Waals surface area contributed by atoms with Gasteiger partial charge in [0.05, 0.1) is 18.7 Å². The molecule has 2 aromatic rings. The Labute approximate surface area is 146 Å². The maximum absolute atomic E-state index is 11.8. The van der Waals surface area contributed by atoms with Crippen LogP contribution in [0.5, 0.6) is 5.75 Å². The van der Waals surface area contributed by atoms with Crippen LogP contribution >= 0.6 is 0 Å². The van der Waals surface area contributed by atoms with Gasteiger partial charge in [0.15, 0.2) is 6.61 Å². The van der Waals surface area contributed by atoms with Crippen molar-refractivity contribution >= 4 is 17.6 Å². The van der Waals surface area contributed by atoms with Gasteiger partial charge in [-0.05, 0) is 36.2 Å². The third-order valence-electron chi connectivity index (χ3n) is 3.43. The van der Waals surface area contributed by atoms with Gasteiger partial charge in [-0.2, -0.15) is 5.26 Å². The second-order valence-electron chi connectivity index (χ2n) is 5.21. The van der Waals surface area contributed by atoms with E-state index in [-0.39, 0.29) is 13.0 Å². The molecule has 0 fully saturated rings. The maximum atomic E-state index is 11.8. The first-order valence-corrected chi connectivity index (χ1v) is 7.70. The van der Waals surface area contributed by atoms with Crippen LogP contribution in [0, 0.1) is 11.3 Å². The number of hydrogen-bond donors (Lipinski definition) is 1. The standard InChI is InChI=1S/C19H18N2O4/c1-24-17-8-3-2-6-15(17)9-10-19(23)25-13-18(22)21-16-7-4-5-14(11-16)12-20/h2-8,11H,9-10,13H2,1H3,(H,21,22). The molecule has 0 aliphatic heterocycles. The molecule has 0 atom stereocenters. The first kappa shape index (κ1) is 18.0. The molecule has 1 N–H and O–H groups in total. The smallest absolute Gasteiger partial charge is 0.306 e. The number of rotatable bonds is 7. The molecule has 0 radical (unpaired) electrons. The number of amides is 1. The summed E-state index contributed by atoms with van der Waals surface area (Å²) in [6.45, 7) is -0.373. The minimum absolute atomic E-state index is 0.150. The third kappa shape index (κ3) is 5.66. The minimum atomic E-state index is -0.466. The lowest BCUT2D eigenvalue weighted by atomic mass is 10.1. The number of carbonyl (C=O) groups is 2. The van der Waals surface area contributed by atoms with Crippen molar-refractivity contribution in [2.75, 3.05) is 19.0 Å². The average molecular weight is 338 g/mol. The number of nitriles is 1. The predicted octanol–water partition coefficient (Wildman–Crippen LogP) is 2.68. The van der Waals surface area contributed by atoms with E-state index in [1.165, 1.54) is 0 Å². The highest BCUT2D eigenvalue weighted by Crippen LogP contribution is 2.19. The van der Waals surface area contributed by atoms with Gasteiger partial charge >= 0.3 is 5.97 Å². The molecule has 0 unspecified atom stereocenters. The highest BCUT2D eigenvalue weighted by atomic mass is 16.5. The summed E-state index contributed by atoms with van der Waals surface area (Å²) in [6, 6.07) is 15.9. The molecule has 1 amide bonds. The van der Waals surface area contributed by atoms with Gasteiger partial charge < -0.3 is 14.8 Å². The molecule has 0 saturated heterocycles. The Morgan fingerprint density at radius 3 is 2.72 bits per heavy atom. The summed E-state index contributed by atoms with van der Waals surface area (Å²) in [5.74, 6) is -0.210. The number of anilines is 1. The van der Waals surface area contributed by atoms with Crippen LogP contribution in [0.25, 0.3) is 0 Å². The molecule has 0 spiro atoms. The zero-order chi connectivity index (χ0) is 18.1. The number of methoxy groups -OCH3 is 1. The summed E-state index contributed by atoms with van der Waals surface area (Å²) in [4.78, 5) is 23.6. The van der Waals surface area contributed by atoms with E-state index in [4.69, 9.17) is 14.7 Å². The van der Waals surface area contributed by atoms with Gasteiger partial charge in [-0.1, -0.05) is 24.3 Å². The summed E-state index contributed by atoms with van der Waals surface area (Å²) < 4.78 is 10.2. The number of esters is 1. The Bertz CT molecular complexity index is 796. The Hall–Kier alpha value is -3.33. The monoisotopic (exact) mass is 338 g/mol. The largest absolute Gasteiger partial charge is 0.496 e. The van der Waals surface area contributed by atoms with Crippen molar-refractivity contribution in [3.8, 4) is 11.8 Å². The lowest BCUT2D eigenvalue weighted by molar-refractivity contribution is -0.147. The Balaban J connectivity index is 1.77. The SMILES string of the molecule is COc1ccccc1CCC(=O)OCC(=O)Nc1cccc(C#N)c1. The van der Waals surface area contributed by atoms with E-state index in [0.29, 0.717) is 23.4 Å². The van der Waals surface area contributed by atoms with Gasteiger partial charge in [-0.25, -0.2) is 0 Å². The summed E-state index contributed by atoms with van der Waals surface area (Å²) >= 11 is 0. The number of hydrogen-bond acceptors (Lipinski definition) is 5. The van der Waals surface area contributed by atoms with E-state index >= 15 is 0 Å². The number of nitrogens with zero attached hydrogens (tertiary/aromatic N) is 1. The topological polar surface area (TPSA) is 88.4 Å². The lowest BCUT2D eigenvalue weighted by Crippen LogP contribution is -2.21. The van der Waals surface area contributed by atoms with E-state index < -0.39 is 11.9 Å². The fraction of sp³-hybridized carbons (Fsp3) is 0.211. The molecule has 2 rings (SSSR count). The molecule has 25 heavy (non-hydrogen) atoms. The van der Waals surface area contributed by atoms with Gasteiger partial charge in [0.25, 0.3) is 5.91 Å². The quantitative estimate of drug-likeness (QED) is 0.784. The zero-order valence-electron chi connectivity index (χ0n) is 13.8. The highest BCUT2D eigenvalue weighted by Gasteiger charge is 2.10. The number of carbonyl (C=O) groups excluding carboxylic acids is 2. The number of aryl methyl sites for hydroxylation is 1. The molecule has 128 valence electrons. The average Bonchev–Trinajstić information content (AvgIpc) is 2.65. The summed E-state index contributed by atoms with van der Waals surface area (Å²) in [7, 11) is 1.57.